The molecule has 0 bridgehead atoms. The van der Waals surface area contributed by atoms with Gasteiger partial charge in [0.25, 0.3) is 15.9 Å². The Labute approximate surface area is 277 Å². The molecule has 3 aromatic carbocycles. The first-order chi connectivity index (χ1) is 22.8. The number of methoxy groups -OCH3 is 1. The van der Waals surface area contributed by atoms with Crippen LogP contribution in [0.4, 0.5) is 10.6 Å². The predicted octanol–water partition coefficient (Wildman–Crippen LogP) is 5.62. The van der Waals surface area contributed by atoms with E-state index >= 15 is 0 Å². The highest BCUT2D eigenvalue weighted by Crippen LogP contribution is 2.37. The predicted molar refractivity (Wildman–Crippen MR) is 169 cm³/mol. The second kappa shape index (κ2) is 16.3. The normalized spacial score (nSPS) is 11.6. The summed E-state index contributed by atoms with van der Waals surface area (Å²) in [5.74, 6) is 0.0707. The molecule has 0 radical (unpaired) electrons. The molecular weight excluding hydrogens is 648 g/mol. The number of ether oxygens (including phenoxy) is 5. The van der Waals surface area contributed by atoms with Gasteiger partial charge < -0.3 is 23.7 Å². The fraction of sp³-hybridized carbons (Fsp3) is 0.281. The minimum absolute atomic E-state index is 0.0153. The van der Waals surface area contributed by atoms with Crippen LogP contribution in [0.25, 0.3) is 0 Å². The molecule has 0 aliphatic carbocycles. The quantitative estimate of drug-likeness (QED) is 0.0606. The molecule has 4 rings (SSSR count). The van der Waals surface area contributed by atoms with Crippen LogP contribution in [0.3, 0.4) is 0 Å². The number of carbonyl (C=O) groups excluding carboxylic acids is 1. The van der Waals surface area contributed by atoms with Crippen LogP contribution >= 0.6 is 0 Å². The van der Waals surface area contributed by atoms with E-state index in [1.165, 1.54) is 24.3 Å². The van der Waals surface area contributed by atoms with Crippen molar-refractivity contribution >= 4 is 22.0 Å². The SMILES string of the molecule is COCc1cccc(Oc2c(NS(=O)(=O)c3ccc(C(C)(C)C)cc3)ncnc2OCCOC(=O)Oc2ccc(CON(O)O)cc2)c1. The third-order valence-electron chi connectivity index (χ3n) is 6.48. The Bertz CT molecular complexity index is 1760. The molecule has 0 saturated heterocycles. The van der Waals surface area contributed by atoms with E-state index < -0.39 is 21.6 Å². The van der Waals surface area contributed by atoms with E-state index in [1.807, 2.05) is 26.8 Å². The molecular formula is C32H36N4O11S. The lowest BCUT2D eigenvalue weighted by Crippen LogP contribution is -2.18. The highest BCUT2D eigenvalue weighted by Gasteiger charge is 2.23. The van der Waals surface area contributed by atoms with Crippen LogP contribution < -0.4 is 18.9 Å². The third-order valence-corrected chi connectivity index (χ3v) is 7.83. The van der Waals surface area contributed by atoms with Crippen LogP contribution in [0.5, 0.6) is 23.1 Å². The molecule has 0 amide bonds. The topological polar surface area (TPSA) is 188 Å². The molecule has 0 aliphatic rings. The number of aromatic nitrogens is 2. The van der Waals surface area contributed by atoms with Crippen molar-refractivity contribution in [2.24, 2.45) is 0 Å². The highest BCUT2D eigenvalue weighted by molar-refractivity contribution is 7.92. The molecule has 0 atom stereocenters. The Morgan fingerprint density at radius 2 is 1.62 bits per heavy atom. The molecule has 1 aromatic heterocycles. The molecule has 16 heteroatoms. The smallest absolute Gasteiger partial charge is 0.471 e. The van der Waals surface area contributed by atoms with Gasteiger partial charge in [0.15, 0.2) is 5.82 Å². The van der Waals surface area contributed by atoms with E-state index in [-0.39, 0.29) is 53.3 Å². The first kappa shape index (κ1) is 36.0. The van der Waals surface area contributed by atoms with Gasteiger partial charge in [-0.2, -0.15) is 4.98 Å². The molecule has 0 spiro atoms. The molecule has 15 nitrogen and oxygen atoms in total. The summed E-state index contributed by atoms with van der Waals surface area (Å²) >= 11 is 0. The lowest BCUT2D eigenvalue weighted by molar-refractivity contribution is -0.497. The summed E-state index contributed by atoms with van der Waals surface area (Å²) in [6.45, 7) is 5.80. The Morgan fingerprint density at radius 1 is 0.896 bits per heavy atom. The molecule has 0 unspecified atom stereocenters. The van der Waals surface area contributed by atoms with E-state index in [1.54, 1.807) is 49.6 Å². The van der Waals surface area contributed by atoms with Gasteiger partial charge in [-0.3, -0.25) is 15.1 Å². The molecule has 3 N–H and O–H groups in total. The van der Waals surface area contributed by atoms with Crippen molar-refractivity contribution in [3.8, 4) is 23.1 Å². The largest absolute Gasteiger partial charge is 0.513 e. The Morgan fingerprint density at radius 3 is 2.29 bits per heavy atom. The number of benzene rings is 3. The summed E-state index contributed by atoms with van der Waals surface area (Å²) in [4.78, 5) is 25.0. The monoisotopic (exact) mass is 684 g/mol. The molecule has 0 aliphatic heterocycles. The van der Waals surface area contributed by atoms with E-state index in [0.29, 0.717) is 17.9 Å². The van der Waals surface area contributed by atoms with E-state index in [0.717, 1.165) is 17.5 Å². The van der Waals surface area contributed by atoms with Crippen molar-refractivity contribution in [3.05, 3.63) is 95.8 Å². The standard InChI is InChI=1S/C32H36N4O11S/c1-32(2,3)24-10-14-27(15-11-24)48(40,41)35-29-28(46-26-7-5-6-23(18-26)19-42-4)30(34-21-33-29)43-16-17-44-31(37)47-25-12-8-22(9-13-25)20-45-36(38)39/h5-15,18,21,38-39H,16-17,19-20H2,1-4H3,(H,33,34,35). The number of hydrogen-bond acceptors (Lipinski definition) is 14. The van der Waals surface area contributed by atoms with E-state index in [9.17, 15) is 13.2 Å². The zero-order valence-electron chi connectivity index (χ0n) is 26.7. The number of anilines is 1. The number of carbonyl (C=O) groups is 1. The summed E-state index contributed by atoms with van der Waals surface area (Å²) < 4.78 is 56.5. The van der Waals surface area contributed by atoms with Crippen molar-refractivity contribution in [2.45, 2.75) is 44.3 Å². The van der Waals surface area contributed by atoms with Crippen LogP contribution in [0.2, 0.25) is 0 Å². The molecule has 1 heterocycles. The molecule has 0 fully saturated rings. The number of nitrogens with one attached hydrogen (secondary N) is 1. The van der Waals surface area contributed by atoms with Crippen LogP contribution in [0.15, 0.2) is 84.0 Å². The molecule has 0 saturated carbocycles. The fourth-order valence-corrected chi connectivity index (χ4v) is 5.12. The summed E-state index contributed by atoms with van der Waals surface area (Å²) in [6.07, 6.45) is 0.0894. The van der Waals surface area contributed by atoms with Crippen molar-refractivity contribution in [1.82, 2.24) is 15.4 Å². The number of rotatable bonds is 15. The van der Waals surface area contributed by atoms with Gasteiger partial charge in [-0.05, 0) is 58.5 Å². The van der Waals surface area contributed by atoms with Gasteiger partial charge >= 0.3 is 6.16 Å². The third kappa shape index (κ3) is 10.6. The van der Waals surface area contributed by atoms with Gasteiger partial charge in [0.2, 0.25) is 5.75 Å². The highest BCUT2D eigenvalue weighted by atomic mass is 32.2. The first-order valence-electron chi connectivity index (χ1n) is 14.5. The second-order valence-electron chi connectivity index (χ2n) is 11.1. The maximum atomic E-state index is 13.4. The van der Waals surface area contributed by atoms with Gasteiger partial charge in [-0.25, -0.2) is 23.0 Å². The fourth-order valence-electron chi connectivity index (χ4n) is 4.10. The first-order valence-corrected chi connectivity index (χ1v) is 15.9. The van der Waals surface area contributed by atoms with Gasteiger partial charge in [0.1, 0.15) is 31.0 Å². The van der Waals surface area contributed by atoms with Crippen molar-refractivity contribution in [3.63, 3.8) is 0 Å². The van der Waals surface area contributed by atoms with Crippen LogP contribution in [-0.4, -0.2) is 60.7 Å². The number of nitrogens with zero attached hydrogens (tertiary/aromatic N) is 3. The summed E-state index contributed by atoms with van der Waals surface area (Å²) in [5.41, 5.74) is 2.17. The van der Waals surface area contributed by atoms with E-state index in [2.05, 4.69) is 19.5 Å². The Kier molecular flexibility index (Phi) is 12.2. The zero-order valence-corrected chi connectivity index (χ0v) is 27.5. The molecule has 4 aromatic rings. The Hall–Kier alpha value is -4.84. The van der Waals surface area contributed by atoms with Crippen molar-refractivity contribution in [1.29, 1.82) is 0 Å². The van der Waals surface area contributed by atoms with Gasteiger partial charge in [0.05, 0.1) is 23.5 Å². The van der Waals surface area contributed by atoms with Crippen molar-refractivity contribution < 1.29 is 52.1 Å². The lowest BCUT2D eigenvalue weighted by Gasteiger charge is -2.19. The molecule has 48 heavy (non-hydrogen) atoms. The lowest BCUT2D eigenvalue weighted by atomic mass is 9.87. The zero-order chi connectivity index (χ0) is 34.7. The summed E-state index contributed by atoms with van der Waals surface area (Å²) in [6, 6.07) is 19.5. The van der Waals surface area contributed by atoms with Crippen LogP contribution in [-0.2, 0) is 43.0 Å². The number of sulfonamides is 1. The maximum Gasteiger partial charge on any atom is 0.513 e. The Balaban J connectivity index is 1.47. The second-order valence-corrected chi connectivity index (χ2v) is 12.8. The molecule has 256 valence electrons. The van der Waals surface area contributed by atoms with Gasteiger partial charge in [-0.15, -0.1) is 0 Å². The number of hydrogen-bond donors (Lipinski definition) is 3. The average Bonchev–Trinajstić information content (AvgIpc) is 3.04. The average molecular weight is 685 g/mol. The summed E-state index contributed by atoms with van der Waals surface area (Å²) in [5, 5.41) is 16.8. The van der Waals surface area contributed by atoms with Gasteiger partial charge in [-0.1, -0.05) is 57.2 Å². The minimum Gasteiger partial charge on any atom is -0.471 e. The van der Waals surface area contributed by atoms with Crippen LogP contribution in [0.1, 0.15) is 37.5 Å². The van der Waals surface area contributed by atoms with E-state index in [4.69, 9.17) is 34.1 Å². The van der Waals surface area contributed by atoms with Gasteiger partial charge in [0, 0.05) is 7.11 Å². The van der Waals surface area contributed by atoms with Crippen LogP contribution in [0, 0.1) is 0 Å². The maximum absolute atomic E-state index is 13.4. The minimum atomic E-state index is -4.11. The van der Waals surface area contributed by atoms with Crippen molar-refractivity contribution in [2.75, 3.05) is 25.0 Å². The summed E-state index contributed by atoms with van der Waals surface area (Å²) in [7, 11) is -2.56.